The summed E-state index contributed by atoms with van der Waals surface area (Å²) in [5, 5.41) is 4.52. The first-order chi connectivity index (χ1) is 9.97. The van der Waals surface area contributed by atoms with Crippen molar-refractivity contribution in [2.75, 3.05) is 11.9 Å². The number of rotatable bonds is 4. The second-order valence-corrected chi connectivity index (χ2v) is 5.97. The maximum atomic E-state index is 12.0. The Hall–Kier alpha value is -2.05. The fourth-order valence-electron chi connectivity index (χ4n) is 1.47. The molecule has 0 saturated heterocycles. The first-order valence-corrected chi connectivity index (χ1v) is 6.71. The first kappa shape index (κ1) is 18.0. The second-order valence-electron chi connectivity index (χ2n) is 5.97. The van der Waals surface area contributed by atoms with Gasteiger partial charge in [-0.15, -0.1) is 0 Å². The molecule has 0 radical (unpaired) electrons. The summed E-state index contributed by atoms with van der Waals surface area (Å²) in [5.41, 5.74) is 0.601. The summed E-state index contributed by atoms with van der Waals surface area (Å²) in [7, 11) is 0. The number of anilines is 1. The summed E-state index contributed by atoms with van der Waals surface area (Å²) in [6, 6.07) is 6.39. The summed E-state index contributed by atoms with van der Waals surface area (Å²) in [5.74, 6) is -0.855. The summed E-state index contributed by atoms with van der Waals surface area (Å²) >= 11 is 0. The molecule has 2 N–H and O–H groups in total. The number of hydrogen-bond donors (Lipinski definition) is 2. The molecule has 0 spiro atoms. The molecule has 0 heterocycles. The molecule has 0 saturated carbocycles. The summed E-state index contributed by atoms with van der Waals surface area (Å²) in [4.78, 5) is 23.2. The normalized spacial score (nSPS) is 11.9. The molecule has 7 heteroatoms. The van der Waals surface area contributed by atoms with E-state index in [1.807, 2.05) is 0 Å². The van der Waals surface area contributed by atoms with Crippen LogP contribution in [0.1, 0.15) is 26.3 Å². The monoisotopic (exact) mass is 316 g/mol. The van der Waals surface area contributed by atoms with Gasteiger partial charge in [0.05, 0.1) is 6.42 Å². The van der Waals surface area contributed by atoms with E-state index in [0.29, 0.717) is 11.3 Å². The van der Waals surface area contributed by atoms with Crippen LogP contribution >= 0.6 is 0 Å². The Morgan fingerprint density at radius 3 is 2.05 bits per heavy atom. The topological polar surface area (TPSA) is 58.2 Å². The number of amides is 2. The van der Waals surface area contributed by atoms with Crippen LogP contribution in [-0.2, 0) is 16.0 Å². The molecule has 4 nitrogen and oxygen atoms in total. The van der Waals surface area contributed by atoms with Crippen LogP contribution in [0.4, 0.5) is 18.9 Å². The van der Waals surface area contributed by atoms with Crippen molar-refractivity contribution in [1.29, 1.82) is 0 Å². The van der Waals surface area contributed by atoms with Gasteiger partial charge in [0.2, 0.25) is 11.8 Å². The minimum absolute atomic E-state index is 0.149. The van der Waals surface area contributed by atoms with Crippen molar-refractivity contribution in [2.24, 2.45) is 5.41 Å². The number of hydrogen-bond acceptors (Lipinski definition) is 2. The fourth-order valence-corrected chi connectivity index (χ4v) is 1.47. The van der Waals surface area contributed by atoms with E-state index in [4.69, 9.17) is 0 Å². The van der Waals surface area contributed by atoms with E-state index in [2.05, 4.69) is 5.32 Å². The van der Waals surface area contributed by atoms with E-state index in [-0.39, 0.29) is 12.3 Å². The van der Waals surface area contributed by atoms with Gasteiger partial charge in [0.15, 0.2) is 0 Å². The molecule has 1 rings (SSSR count). The summed E-state index contributed by atoms with van der Waals surface area (Å²) in [6.45, 7) is 4.00. The van der Waals surface area contributed by atoms with Crippen molar-refractivity contribution < 1.29 is 22.8 Å². The van der Waals surface area contributed by atoms with Crippen LogP contribution in [0, 0.1) is 5.41 Å². The van der Waals surface area contributed by atoms with Crippen LogP contribution in [-0.4, -0.2) is 24.5 Å². The van der Waals surface area contributed by atoms with Crippen molar-refractivity contribution in [2.45, 2.75) is 33.4 Å². The zero-order valence-corrected chi connectivity index (χ0v) is 12.7. The van der Waals surface area contributed by atoms with E-state index >= 15 is 0 Å². The predicted molar refractivity (Wildman–Crippen MR) is 77.3 cm³/mol. The van der Waals surface area contributed by atoms with Gasteiger partial charge in [-0.1, -0.05) is 32.9 Å². The van der Waals surface area contributed by atoms with Gasteiger partial charge in [-0.2, -0.15) is 13.2 Å². The molecule has 2 amide bonds. The van der Waals surface area contributed by atoms with Crippen LogP contribution < -0.4 is 10.6 Å². The molecule has 1 aromatic carbocycles. The lowest BCUT2D eigenvalue weighted by Crippen LogP contribution is -2.34. The third kappa shape index (κ3) is 6.60. The molecular weight excluding hydrogens is 297 g/mol. The zero-order chi connectivity index (χ0) is 17.0. The van der Waals surface area contributed by atoms with Crippen molar-refractivity contribution in [3.05, 3.63) is 29.8 Å². The van der Waals surface area contributed by atoms with Crippen LogP contribution in [0.3, 0.4) is 0 Å². The Morgan fingerprint density at radius 2 is 1.59 bits per heavy atom. The summed E-state index contributed by atoms with van der Waals surface area (Å²) < 4.78 is 35.9. The van der Waals surface area contributed by atoms with Gasteiger partial charge in [0.1, 0.15) is 6.54 Å². The molecule has 1 aromatic rings. The van der Waals surface area contributed by atoms with Crippen LogP contribution in [0.25, 0.3) is 0 Å². The molecule has 0 aromatic heterocycles. The predicted octanol–water partition coefficient (Wildman–Crippen LogP) is 2.89. The highest BCUT2D eigenvalue weighted by molar-refractivity contribution is 5.94. The van der Waals surface area contributed by atoms with Crippen LogP contribution in [0.15, 0.2) is 24.3 Å². The van der Waals surface area contributed by atoms with Gasteiger partial charge >= 0.3 is 6.18 Å². The van der Waals surface area contributed by atoms with Gasteiger partial charge in [0.25, 0.3) is 0 Å². The van der Waals surface area contributed by atoms with Gasteiger partial charge < -0.3 is 10.6 Å². The van der Waals surface area contributed by atoms with E-state index in [9.17, 15) is 22.8 Å². The number of alkyl halides is 3. The molecule has 22 heavy (non-hydrogen) atoms. The lowest BCUT2D eigenvalue weighted by atomic mass is 9.95. The number of nitrogens with one attached hydrogen (secondary N) is 2. The van der Waals surface area contributed by atoms with E-state index in [0.717, 1.165) is 0 Å². The SMILES string of the molecule is CC(C)(C)C(=O)Nc1ccc(CC(=O)NCC(F)(F)F)cc1. The van der Waals surface area contributed by atoms with Gasteiger partial charge in [-0.05, 0) is 17.7 Å². The highest BCUT2D eigenvalue weighted by Crippen LogP contribution is 2.18. The third-order valence-electron chi connectivity index (χ3n) is 2.74. The fraction of sp³-hybridized carbons (Fsp3) is 0.467. The zero-order valence-electron chi connectivity index (χ0n) is 12.7. The molecule has 0 aliphatic carbocycles. The third-order valence-corrected chi connectivity index (χ3v) is 2.74. The minimum atomic E-state index is -4.42. The standard InChI is InChI=1S/C15H19F3N2O2/c1-14(2,3)13(22)20-11-6-4-10(5-7-11)8-12(21)19-9-15(16,17)18/h4-7H,8-9H2,1-3H3,(H,19,21)(H,20,22). The second kappa shape index (κ2) is 6.81. The van der Waals surface area contributed by atoms with Crippen molar-refractivity contribution in [3.63, 3.8) is 0 Å². The number of halogens is 3. The smallest absolute Gasteiger partial charge is 0.347 e. The highest BCUT2D eigenvalue weighted by Gasteiger charge is 2.27. The number of carbonyl (C=O) groups is 2. The van der Waals surface area contributed by atoms with Gasteiger partial charge in [-0.25, -0.2) is 0 Å². The number of benzene rings is 1. The molecule has 122 valence electrons. The molecule has 0 fully saturated rings. The average molecular weight is 316 g/mol. The summed E-state index contributed by atoms with van der Waals surface area (Å²) in [6.07, 6.45) is -4.57. The maximum Gasteiger partial charge on any atom is 0.405 e. The average Bonchev–Trinajstić information content (AvgIpc) is 2.37. The molecule has 0 bridgehead atoms. The van der Waals surface area contributed by atoms with Gasteiger partial charge in [0, 0.05) is 11.1 Å². The Kier molecular flexibility index (Phi) is 5.57. The Bertz CT molecular complexity index is 531. The Morgan fingerprint density at radius 1 is 1.05 bits per heavy atom. The van der Waals surface area contributed by atoms with Crippen LogP contribution in [0.2, 0.25) is 0 Å². The lowest BCUT2D eigenvalue weighted by Gasteiger charge is -2.17. The van der Waals surface area contributed by atoms with Crippen molar-refractivity contribution >= 4 is 17.5 Å². The molecule has 0 atom stereocenters. The van der Waals surface area contributed by atoms with E-state index in [1.54, 1.807) is 50.4 Å². The molecular formula is C15H19F3N2O2. The van der Waals surface area contributed by atoms with Crippen LogP contribution in [0.5, 0.6) is 0 Å². The molecule has 0 aliphatic rings. The van der Waals surface area contributed by atoms with Gasteiger partial charge in [-0.3, -0.25) is 9.59 Å². The van der Waals surface area contributed by atoms with Crippen molar-refractivity contribution in [1.82, 2.24) is 5.32 Å². The quantitative estimate of drug-likeness (QED) is 0.897. The first-order valence-electron chi connectivity index (χ1n) is 6.71. The number of carbonyl (C=O) groups excluding carboxylic acids is 2. The Labute approximate surface area is 127 Å². The maximum absolute atomic E-state index is 12.0. The Balaban J connectivity index is 2.55. The highest BCUT2D eigenvalue weighted by atomic mass is 19.4. The van der Waals surface area contributed by atoms with Crippen molar-refractivity contribution in [3.8, 4) is 0 Å². The van der Waals surface area contributed by atoms with E-state index in [1.165, 1.54) is 0 Å². The lowest BCUT2D eigenvalue weighted by molar-refractivity contribution is -0.138. The largest absolute Gasteiger partial charge is 0.405 e. The minimum Gasteiger partial charge on any atom is -0.347 e. The molecule has 0 aliphatic heterocycles. The van der Waals surface area contributed by atoms with E-state index < -0.39 is 24.0 Å². The molecule has 0 unspecified atom stereocenters.